The number of aryl methyl sites for hydroxylation is 2. The van der Waals surface area contributed by atoms with Crippen LogP contribution in [0.4, 0.5) is 5.69 Å². The molecule has 2 aromatic rings. The normalized spacial score (nSPS) is 10.5. The van der Waals surface area contributed by atoms with Gasteiger partial charge in [0.15, 0.2) is 0 Å². The third kappa shape index (κ3) is 4.05. The molecule has 8 heteroatoms. The van der Waals surface area contributed by atoms with Gasteiger partial charge in [-0.2, -0.15) is 5.10 Å². The summed E-state index contributed by atoms with van der Waals surface area (Å²) in [5.74, 6) is -0.426. The number of nitro groups is 1. The average Bonchev–Trinajstić information content (AvgIpc) is 2.89. The standard InChI is InChI=1S/C14H15ClN4O3/c1-10-8-17-18(9-10)6-2-5-16-14(20)12-7-11(19(21)22)3-4-13(12)15/h3-4,7-9H,2,5-6H2,1H3,(H,16,20). The fraction of sp³-hybridized carbons (Fsp3) is 0.286. The number of hydrogen-bond donors (Lipinski definition) is 1. The number of amides is 1. The summed E-state index contributed by atoms with van der Waals surface area (Å²) in [6.07, 6.45) is 4.38. The Morgan fingerprint density at radius 1 is 1.50 bits per heavy atom. The molecule has 116 valence electrons. The van der Waals surface area contributed by atoms with Gasteiger partial charge in [-0.1, -0.05) is 11.6 Å². The maximum atomic E-state index is 12.0. The van der Waals surface area contributed by atoms with Crippen molar-refractivity contribution in [2.24, 2.45) is 0 Å². The highest BCUT2D eigenvalue weighted by Gasteiger charge is 2.15. The van der Waals surface area contributed by atoms with Crippen molar-refractivity contribution >= 4 is 23.2 Å². The Labute approximate surface area is 132 Å². The number of benzene rings is 1. The topological polar surface area (TPSA) is 90.1 Å². The number of aromatic nitrogens is 2. The first-order valence-electron chi connectivity index (χ1n) is 6.68. The first-order chi connectivity index (χ1) is 10.5. The number of halogens is 1. The molecular weight excluding hydrogens is 308 g/mol. The highest BCUT2D eigenvalue weighted by atomic mass is 35.5. The molecule has 1 aromatic carbocycles. The second kappa shape index (κ2) is 7.04. The molecule has 0 aliphatic carbocycles. The van der Waals surface area contributed by atoms with Crippen LogP contribution < -0.4 is 5.32 Å². The van der Waals surface area contributed by atoms with Gasteiger partial charge >= 0.3 is 0 Å². The van der Waals surface area contributed by atoms with Gasteiger partial charge in [0.05, 0.1) is 21.7 Å². The van der Waals surface area contributed by atoms with Crippen molar-refractivity contribution in [3.05, 3.63) is 56.9 Å². The Morgan fingerprint density at radius 2 is 2.27 bits per heavy atom. The van der Waals surface area contributed by atoms with Gasteiger partial charge in [-0.25, -0.2) is 0 Å². The number of carbonyl (C=O) groups is 1. The van der Waals surface area contributed by atoms with Gasteiger partial charge < -0.3 is 5.32 Å². The van der Waals surface area contributed by atoms with Gasteiger partial charge in [-0.15, -0.1) is 0 Å². The van der Waals surface area contributed by atoms with Crippen molar-refractivity contribution in [3.63, 3.8) is 0 Å². The summed E-state index contributed by atoms with van der Waals surface area (Å²) in [6.45, 7) is 3.06. The lowest BCUT2D eigenvalue weighted by atomic mass is 10.2. The Hall–Kier alpha value is -2.41. The van der Waals surface area contributed by atoms with Gasteiger partial charge in [0.1, 0.15) is 0 Å². The lowest BCUT2D eigenvalue weighted by Gasteiger charge is -2.07. The van der Waals surface area contributed by atoms with E-state index in [0.717, 1.165) is 5.56 Å². The fourth-order valence-electron chi connectivity index (χ4n) is 1.93. The minimum atomic E-state index is -0.562. The number of non-ortho nitro benzene ring substituents is 1. The maximum absolute atomic E-state index is 12.0. The molecule has 0 unspecified atom stereocenters. The predicted molar refractivity (Wildman–Crippen MR) is 82.0 cm³/mol. The van der Waals surface area contributed by atoms with Crippen molar-refractivity contribution in [2.75, 3.05) is 6.54 Å². The highest BCUT2D eigenvalue weighted by molar-refractivity contribution is 6.33. The lowest BCUT2D eigenvalue weighted by molar-refractivity contribution is -0.384. The molecular formula is C14H15ClN4O3. The largest absolute Gasteiger partial charge is 0.352 e. The van der Waals surface area contributed by atoms with Crippen LogP contribution in [-0.4, -0.2) is 27.2 Å². The highest BCUT2D eigenvalue weighted by Crippen LogP contribution is 2.21. The third-order valence-electron chi connectivity index (χ3n) is 3.02. The first-order valence-corrected chi connectivity index (χ1v) is 7.06. The molecule has 7 nitrogen and oxygen atoms in total. The van der Waals surface area contributed by atoms with Gasteiger partial charge in [-0.3, -0.25) is 19.6 Å². The van der Waals surface area contributed by atoms with E-state index >= 15 is 0 Å². The summed E-state index contributed by atoms with van der Waals surface area (Å²) in [5.41, 5.74) is 1.01. The van der Waals surface area contributed by atoms with Crippen LogP contribution in [0.2, 0.25) is 5.02 Å². The van der Waals surface area contributed by atoms with Crippen molar-refractivity contribution < 1.29 is 9.72 Å². The molecule has 0 fully saturated rings. The molecule has 1 aromatic heterocycles. The van der Waals surface area contributed by atoms with Crippen LogP contribution in [0.3, 0.4) is 0 Å². The molecule has 1 heterocycles. The predicted octanol–water partition coefficient (Wildman–Crippen LogP) is 2.57. The zero-order valence-corrected chi connectivity index (χ0v) is 12.7. The monoisotopic (exact) mass is 322 g/mol. The van der Waals surface area contributed by atoms with E-state index in [1.165, 1.54) is 18.2 Å². The summed E-state index contributed by atoms with van der Waals surface area (Å²) < 4.78 is 1.79. The molecule has 1 N–H and O–H groups in total. The zero-order chi connectivity index (χ0) is 16.1. The Morgan fingerprint density at radius 3 is 2.91 bits per heavy atom. The SMILES string of the molecule is Cc1cnn(CCCNC(=O)c2cc([N+](=O)[O-])ccc2Cl)c1. The summed E-state index contributed by atoms with van der Waals surface area (Å²) in [6, 6.07) is 3.79. The average molecular weight is 323 g/mol. The van der Waals surface area contributed by atoms with E-state index in [2.05, 4.69) is 10.4 Å². The molecule has 0 radical (unpaired) electrons. The van der Waals surface area contributed by atoms with Crippen LogP contribution in [0.5, 0.6) is 0 Å². The summed E-state index contributed by atoms with van der Waals surface area (Å²) in [7, 11) is 0. The number of hydrogen-bond acceptors (Lipinski definition) is 4. The molecule has 0 atom stereocenters. The minimum absolute atomic E-state index is 0.103. The third-order valence-corrected chi connectivity index (χ3v) is 3.35. The van der Waals surface area contributed by atoms with Crippen LogP contribution in [0.15, 0.2) is 30.6 Å². The maximum Gasteiger partial charge on any atom is 0.270 e. The molecule has 0 saturated heterocycles. The zero-order valence-electron chi connectivity index (χ0n) is 12.0. The molecule has 22 heavy (non-hydrogen) atoms. The van der Waals surface area contributed by atoms with Crippen molar-refractivity contribution in [3.8, 4) is 0 Å². The summed E-state index contributed by atoms with van der Waals surface area (Å²) in [4.78, 5) is 22.2. The Balaban J connectivity index is 1.89. The van der Waals surface area contributed by atoms with Crippen molar-refractivity contribution in [1.29, 1.82) is 0 Å². The van der Waals surface area contributed by atoms with Crippen molar-refractivity contribution in [2.45, 2.75) is 19.9 Å². The van der Waals surface area contributed by atoms with Crippen LogP contribution in [0, 0.1) is 17.0 Å². The van der Waals surface area contributed by atoms with Gasteiger partial charge in [0, 0.05) is 31.4 Å². The van der Waals surface area contributed by atoms with E-state index in [4.69, 9.17) is 11.6 Å². The fourth-order valence-corrected chi connectivity index (χ4v) is 2.13. The Kier molecular flexibility index (Phi) is 5.11. The number of nitro benzene ring substituents is 1. The molecule has 0 spiro atoms. The van der Waals surface area contributed by atoms with Crippen LogP contribution in [0.25, 0.3) is 0 Å². The molecule has 0 aliphatic rings. The smallest absolute Gasteiger partial charge is 0.270 e. The lowest BCUT2D eigenvalue weighted by Crippen LogP contribution is -2.25. The molecule has 0 saturated carbocycles. The number of nitrogens with one attached hydrogen (secondary N) is 1. The quantitative estimate of drug-likeness (QED) is 0.503. The Bertz CT molecular complexity index is 699. The van der Waals surface area contributed by atoms with E-state index in [1.807, 2.05) is 13.1 Å². The number of rotatable bonds is 6. The first kappa shape index (κ1) is 16.0. The van der Waals surface area contributed by atoms with E-state index in [-0.39, 0.29) is 16.3 Å². The second-order valence-electron chi connectivity index (χ2n) is 4.81. The molecule has 1 amide bonds. The second-order valence-corrected chi connectivity index (χ2v) is 5.22. The van der Waals surface area contributed by atoms with Crippen LogP contribution in [0.1, 0.15) is 22.3 Å². The molecule has 0 bridgehead atoms. The summed E-state index contributed by atoms with van der Waals surface area (Å²) in [5, 5.41) is 17.8. The molecule has 2 rings (SSSR count). The van der Waals surface area contributed by atoms with Crippen LogP contribution >= 0.6 is 11.6 Å². The number of nitrogens with zero attached hydrogens (tertiary/aromatic N) is 3. The van der Waals surface area contributed by atoms with E-state index in [1.54, 1.807) is 10.9 Å². The van der Waals surface area contributed by atoms with E-state index in [0.29, 0.717) is 19.5 Å². The van der Waals surface area contributed by atoms with Gasteiger partial charge in [0.2, 0.25) is 0 Å². The number of carbonyl (C=O) groups excluding carboxylic acids is 1. The van der Waals surface area contributed by atoms with Crippen LogP contribution in [-0.2, 0) is 6.54 Å². The minimum Gasteiger partial charge on any atom is -0.352 e. The summed E-state index contributed by atoms with van der Waals surface area (Å²) >= 11 is 5.91. The van der Waals surface area contributed by atoms with Gasteiger partial charge in [-0.05, 0) is 25.0 Å². The van der Waals surface area contributed by atoms with E-state index < -0.39 is 10.8 Å². The van der Waals surface area contributed by atoms with E-state index in [9.17, 15) is 14.9 Å². The van der Waals surface area contributed by atoms with Gasteiger partial charge in [0.25, 0.3) is 11.6 Å². The molecule has 0 aliphatic heterocycles. The van der Waals surface area contributed by atoms with Crippen molar-refractivity contribution in [1.82, 2.24) is 15.1 Å².